The maximum absolute atomic E-state index is 10.2. The Morgan fingerprint density at radius 2 is 1.38 bits per heavy atom. The van der Waals surface area contributed by atoms with Crippen LogP contribution < -0.4 is 0 Å². The molecule has 0 spiro atoms. The molecule has 5 heteroatoms. The number of hydrogen-bond donors (Lipinski definition) is 0. The molecule has 0 bridgehead atoms. The van der Waals surface area contributed by atoms with Crippen molar-refractivity contribution < 1.29 is 17.5 Å². The van der Waals surface area contributed by atoms with Crippen LogP contribution in [-0.4, -0.2) is 50.9 Å². The average molecular weight is 253 g/mol. The molecule has 0 rings (SSSR count). The summed E-state index contributed by atoms with van der Waals surface area (Å²) in [6.45, 7) is 9.46. The van der Waals surface area contributed by atoms with Gasteiger partial charge in [-0.15, -0.1) is 0 Å². The molecule has 100 valence electrons. The van der Waals surface area contributed by atoms with Crippen molar-refractivity contribution in [3.8, 4) is 0 Å². The second-order valence-corrected chi connectivity index (χ2v) is 8.15. The lowest BCUT2D eigenvalue weighted by molar-refractivity contribution is -0.870. The summed E-state index contributed by atoms with van der Waals surface area (Å²) in [6, 6.07) is 0. The first-order valence-electron chi connectivity index (χ1n) is 5.45. The van der Waals surface area contributed by atoms with Crippen LogP contribution in [-0.2, 0) is 10.1 Å². The summed E-state index contributed by atoms with van der Waals surface area (Å²) in [5.74, 6) is -0.248. The molecule has 0 saturated carbocycles. The van der Waals surface area contributed by atoms with Crippen LogP contribution in [0.4, 0.5) is 0 Å². The van der Waals surface area contributed by atoms with Gasteiger partial charge in [-0.1, -0.05) is 27.7 Å². The van der Waals surface area contributed by atoms with E-state index in [1.165, 1.54) is 0 Å². The molecule has 0 aromatic heterocycles. The molecule has 0 aromatic rings. The maximum Gasteiger partial charge on any atom is 0.0948 e. The first kappa shape index (κ1) is 18.2. The summed E-state index contributed by atoms with van der Waals surface area (Å²) >= 11 is 0. The highest BCUT2D eigenvalue weighted by molar-refractivity contribution is 7.85. The summed E-state index contributed by atoms with van der Waals surface area (Å²) in [5, 5.41) is 0. The first-order chi connectivity index (χ1) is 6.71. The molecule has 0 saturated heterocycles. The normalized spacial score (nSPS) is 13.0. The monoisotopic (exact) mass is 253 g/mol. The SMILES string of the molecule is CC(C)(C)C.C[N+](C)(C)CCCS(=O)(=O)[O-]. The van der Waals surface area contributed by atoms with Gasteiger partial charge in [0.25, 0.3) is 0 Å². The summed E-state index contributed by atoms with van der Waals surface area (Å²) < 4.78 is 31.2. The summed E-state index contributed by atoms with van der Waals surface area (Å²) in [5.41, 5.74) is 0.500. The molecule has 0 aromatic carbocycles. The van der Waals surface area contributed by atoms with Gasteiger partial charge in [-0.3, -0.25) is 0 Å². The molecule has 0 atom stereocenters. The minimum atomic E-state index is -4.01. The van der Waals surface area contributed by atoms with E-state index in [4.69, 9.17) is 0 Å². The van der Waals surface area contributed by atoms with Gasteiger partial charge in [-0.05, 0) is 5.41 Å². The Kier molecular flexibility index (Phi) is 7.49. The van der Waals surface area contributed by atoms with Crippen molar-refractivity contribution >= 4 is 10.1 Å². The number of quaternary nitrogens is 1. The highest BCUT2D eigenvalue weighted by Crippen LogP contribution is 2.08. The quantitative estimate of drug-likeness (QED) is 0.566. The fraction of sp³-hybridized carbons (Fsp3) is 1.00. The van der Waals surface area contributed by atoms with Gasteiger partial charge >= 0.3 is 0 Å². The zero-order valence-electron chi connectivity index (χ0n) is 11.7. The minimum absolute atomic E-state index is 0.248. The van der Waals surface area contributed by atoms with Crippen molar-refractivity contribution in [2.75, 3.05) is 33.4 Å². The van der Waals surface area contributed by atoms with E-state index in [1.54, 1.807) is 0 Å². The van der Waals surface area contributed by atoms with E-state index in [2.05, 4.69) is 27.7 Å². The van der Waals surface area contributed by atoms with Crippen LogP contribution in [0.25, 0.3) is 0 Å². The third-order valence-electron chi connectivity index (χ3n) is 1.22. The second kappa shape index (κ2) is 6.57. The first-order valence-corrected chi connectivity index (χ1v) is 7.02. The van der Waals surface area contributed by atoms with Gasteiger partial charge < -0.3 is 9.04 Å². The van der Waals surface area contributed by atoms with Crippen LogP contribution in [0.2, 0.25) is 0 Å². The van der Waals surface area contributed by atoms with E-state index in [0.29, 0.717) is 22.9 Å². The van der Waals surface area contributed by atoms with Gasteiger partial charge in [0.2, 0.25) is 0 Å². The van der Waals surface area contributed by atoms with E-state index >= 15 is 0 Å². The van der Waals surface area contributed by atoms with E-state index in [0.717, 1.165) is 0 Å². The molecule has 16 heavy (non-hydrogen) atoms. The summed E-state index contributed by atoms with van der Waals surface area (Å²) in [6.07, 6.45) is 0.440. The fourth-order valence-electron chi connectivity index (χ4n) is 0.716. The molecule has 4 nitrogen and oxygen atoms in total. The molecular weight excluding hydrogens is 226 g/mol. The molecule has 0 aliphatic heterocycles. The number of rotatable bonds is 4. The highest BCUT2D eigenvalue weighted by atomic mass is 32.2. The smallest absolute Gasteiger partial charge is 0.0948 e. The molecule has 0 radical (unpaired) electrons. The molecule has 0 heterocycles. The van der Waals surface area contributed by atoms with Crippen LogP contribution in [0.15, 0.2) is 0 Å². The fourth-order valence-corrected chi connectivity index (χ4v) is 1.20. The average Bonchev–Trinajstić information content (AvgIpc) is 1.74. The Hall–Kier alpha value is -0.130. The van der Waals surface area contributed by atoms with Gasteiger partial charge in [0, 0.05) is 12.2 Å². The number of hydrogen-bond acceptors (Lipinski definition) is 3. The van der Waals surface area contributed by atoms with Crippen LogP contribution in [0.1, 0.15) is 34.1 Å². The van der Waals surface area contributed by atoms with Gasteiger partial charge in [-0.2, -0.15) is 0 Å². The predicted molar refractivity (Wildman–Crippen MR) is 67.2 cm³/mol. The zero-order valence-corrected chi connectivity index (χ0v) is 12.5. The number of nitrogens with zero attached hydrogens (tertiary/aromatic N) is 1. The molecular formula is C11H27NO3S. The van der Waals surface area contributed by atoms with Gasteiger partial charge in [0.15, 0.2) is 0 Å². The topological polar surface area (TPSA) is 57.2 Å². The Bertz CT molecular complexity index is 265. The lowest BCUT2D eigenvalue weighted by Gasteiger charge is -2.23. The Morgan fingerprint density at radius 1 is 1.06 bits per heavy atom. The third kappa shape index (κ3) is 37.1. The standard InChI is InChI=1S/C6H15NO3S.C5H12/c1-7(2,3)5-4-6-11(8,9)10;1-5(2,3)4/h4-6H2,1-3H3;1-4H3. The lowest BCUT2D eigenvalue weighted by atomic mass is 10.0. The van der Waals surface area contributed by atoms with Gasteiger partial charge in [-0.25, -0.2) is 8.42 Å². The zero-order chi connectivity index (χ0) is 13.6. The molecule has 0 aliphatic carbocycles. The van der Waals surface area contributed by atoms with E-state index in [9.17, 15) is 13.0 Å². The molecule has 0 amide bonds. The van der Waals surface area contributed by atoms with E-state index in [1.807, 2.05) is 21.1 Å². The van der Waals surface area contributed by atoms with Crippen molar-refractivity contribution in [2.45, 2.75) is 34.1 Å². The minimum Gasteiger partial charge on any atom is -0.748 e. The van der Waals surface area contributed by atoms with E-state index in [-0.39, 0.29) is 5.75 Å². The van der Waals surface area contributed by atoms with Crippen LogP contribution in [0, 0.1) is 5.41 Å². The van der Waals surface area contributed by atoms with Crippen LogP contribution in [0.5, 0.6) is 0 Å². The van der Waals surface area contributed by atoms with Crippen LogP contribution >= 0.6 is 0 Å². The highest BCUT2D eigenvalue weighted by Gasteiger charge is 2.06. The second-order valence-electron chi connectivity index (χ2n) is 6.63. The third-order valence-corrected chi connectivity index (χ3v) is 2.01. The largest absolute Gasteiger partial charge is 0.748 e. The van der Waals surface area contributed by atoms with Crippen molar-refractivity contribution in [1.82, 2.24) is 0 Å². The lowest BCUT2D eigenvalue weighted by Crippen LogP contribution is -2.36. The maximum atomic E-state index is 10.2. The molecule has 0 N–H and O–H groups in total. The van der Waals surface area contributed by atoms with E-state index < -0.39 is 10.1 Å². The van der Waals surface area contributed by atoms with Crippen molar-refractivity contribution in [1.29, 1.82) is 0 Å². The van der Waals surface area contributed by atoms with Crippen molar-refractivity contribution in [2.24, 2.45) is 5.41 Å². The molecule has 0 aliphatic rings. The molecule has 0 fully saturated rings. The Labute approximate surface area is 101 Å². The van der Waals surface area contributed by atoms with Crippen molar-refractivity contribution in [3.63, 3.8) is 0 Å². The Balaban J connectivity index is 0. The van der Waals surface area contributed by atoms with Gasteiger partial charge in [0.1, 0.15) is 0 Å². The van der Waals surface area contributed by atoms with Gasteiger partial charge in [0.05, 0.1) is 37.8 Å². The summed E-state index contributed by atoms with van der Waals surface area (Å²) in [4.78, 5) is 0. The van der Waals surface area contributed by atoms with Crippen LogP contribution in [0.3, 0.4) is 0 Å². The predicted octanol–water partition coefficient (Wildman–Crippen LogP) is 1.68. The molecule has 0 unspecified atom stereocenters. The van der Waals surface area contributed by atoms with Crippen molar-refractivity contribution in [3.05, 3.63) is 0 Å². The summed E-state index contributed by atoms with van der Waals surface area (Å²) in [7, 11) is 1.86. The Morgan fingerprint density at radius 3 is 1.56 bits per heavy atom.